The second kappa shape index (κ2) is 13.5. The fraction of sp³-hybridized carbons (Fsp3) is 0.524. The van der Waals surface area contributed by atoms with E-state index in [1.807, 2.05) is 17.7 Å². The van der Waals surface area contributed by atoms with Crippen molar-refractivity contribution in [3.63, 3.8) is 0 Å². The molecule has 0 aliphatic heterocycles. The van der Waals surface area contributed by atoms with Crippen LogP contribution in [0.15, 0.2) is 35.3 Å². The molecule has 1 aromatic carbocycles. The Morgan fingerprint density at radius 2 is 1.93 bits per heavy atom. The zero-order chi connectivity index (χ0) is 19.5. The number of rotatable bonds is 10. The maximum absolute atomic E-state index is 5.09. The lowest BCUT2D eigenvalue weighted by molar-refractivity contribution is 0.192. The maximum atomic E-state index is 5.09. The van der Waals surface area contributed by atoms with E-state index < -0.39 is 0 Å². The van der Waals surface area contributed by atoms with Crippen LogP contribution < -0.4 is 10.6 Å². The lowest BCUT2D eigenvalue weighted by Gasteiger charge is -2.13. The summed E-state index contributed by atoms with van der Waals surface area (Å²) in [4.78, 5) is 4.77. The molecule has 0 aliphatic carbocycles. The Bertz CT molecular complexity index is 729. The van der Waals surface area contributed by atoms with Crippen LogP contribution in [0.25, 0.3) is 5.69 Å². The Labute approximate surface area is 186 Å². The average Bonchev–Trinajstić information content (AvgIpc) is 3.00. The summed E-state index contributed by atoms with van der Waals surface area (Å²) in [6, 6.07) is 10.4. The number of nitrogens with one attached hydrogen (secondary N) is 2. The molecule has 1 aromatic heterocycles. The van der Waals surface area contributed by atoms with Crippen molar-refractivity contribution in [2.45, 2.75) is 46.6 Å². The molecule has 1 heterocycles. The third kappa shape index (κ3) is 7.79. The van der Waals surface area contributed by atoms with Gasteiger partial charge < -0.3 is 15.4 Å². The summed E-state index contributed by atoms with van der Waals surface area (Å²) >= 11 is 0. The van der Waals surface area contributed by atoms with E-state index in [0.29, 0.717) is 6.54 Å². The fourth-order valence-electron chi connectivity index (χ4n) is 2.98. The number of methoxy groups -OCH3 is 1. The van der Waals surface area contributed by atoms with Gasteiger partial charge in [-0.15, -0.1) is 24.0 Å². The van der Waals surface area contributed by atoms with Crippen molar-refractivity contribution in [1.29, 1.82) is 0 Å². The maximum Gasteiger partial charge on any atom is 0.191 e. The minimum absolute atomic E-state index is 0. The van der Waals surface area contributed by atoms with E-state index >= 15 is 0 Å². The first-order valence-corrected chi connectivity index (χ1v) is 9.78. The highest BCUT2D eigenvalue weighted by molar-refractivity contribution is 14.0. The Morgan fingerprint density at radius 3 is 2.61 bits per heavy atom. The van der Waals surface area contributed by atoms with Crippen LogP contribution in [-0.4, -0.2) is 42.5 Å². The van der Waals surface area contributed by atoms with Gasteiger partial charge in [-0.25, -0.2) is 9.67 Å². The molecule has 2 N–H and O–H groups in total. The van der Waals surface area contributed by atoms with E-state index in [1.54, 1.807) is 7.11 Å². The molecule has 0 unspecified atom stereocenters. The SMILES string of the molecule is CCNC(=NCc1ccccc1-n1nc(C)cc1C)NCCCCCOC.I. The van der Waals surface area contributed by atoms with Crippen LogP contribution in [0.4, 0.5) is 0 Å². The molecule has 2 rings (SSSR count). The third-order valence-electron chi connectivity index (χ3n) is 4.30. The second-order valence-electron chi connectivity index (χ2n) is 6.64. The molecule has 0 spiro atoms. The van der Waals surface area contributed by atoms with Gasteiger partial charge in [-0.05, 0) is 57.7 Å². The first-order chi connectivity index (χ1) is 13.2. The summed E-state index contributed by atoms with van der Waals surface area (Å²) in [5.74, 6) is 0.854. The average molecular weight is 499 g/mol. The van der Waals surface area contributed by atoms with E-state index in [1.165, 1.54) is 0 Å². The largest absolute Gasteiger partial charge is 0.385 e. The molecule has 0 radical (unpaired) electrons. The normalized spacial score (nSPS) is 11.2. The van der Waals surface area contributed by atoms with E-state index in [0.717, 1.165) is 67.6 Å². The Hall–Kier alpha value is -1.61. The van der Waals surface area contributed by atoms with Crippen molar-refractivity contribution in [2.24, 2.45) is 4.99 Å². The second-order valence-corrected chi connectivity index (χ2v) is 6.64. The third-order valence-corrected chi connectivity index (χ3v) is 4.30. The summed E-state index contributed by atoms with van der Waals surface area (Å²) in [6.07, 6.45) is 3.36. The molecule has 7 heteroatoms. The number of aromatic nitrogens is 2. The van der Waals surface area contributed by atoms with Crippen LogP contribution in [0.1, 0.15) is 43.1 Å². The number of hydrogen-bond acceptors (Lipinski definition) is 3. The number of halogens is 1. The number of benzene rings is 1. The minimum Gasteiger partial charge on any atom is -0.385 e. The van der Waals surface area contributed by atoms with Crippen molar-refractivity contribution in [1.82, 2.24) is 20.4 Å². The molecule has 0 atom stereocenters. The van der Waals surface area contributed by atoms with Crippen LogP contribution >= 0.6 is 24.0 Å². The lowest BCUT2D eigenvalue weighted by atomic mass is 10.2. The summed E-state index contributed by atoms with van der Waals surface area (Å²) in [6.45, 7) is 9.37. The predicted octanol–water partition coefficient (Wildman–Crippen LogP) is 3.98. The van der Waals surface area contributed by atoms with Crippen LogP contribution in [0, 0.1) is 13.8 Å². The zero-order valence-electron chi connectivity index (χ0n) is 17.5. The molecular weight excluding hydrogens is 465 g/mol. The highest BCUT2D eigenvalue weighted by Crippen LogP contribution is 2.17. The number of aliphatic imine (C=N–C) groups is 1. The standard InChI is InChI=1S/C21H33N5O.HI/c1-5-22-21(23-13-9-6-10-14-27-4)24-16-19-11-7-8-12-20(19)26-18(3)15-17(2)25-26;/h7-8,11-12,15H,5-6,9-10,13-14,16H2,1-4H3,(H2,22,23,24);1H. The van der Waals surface area contributed by atoms with Gasteiger partial charge in [-0.2, -0.15) is 5.10 Å². The lowest BCUT2D eigenvalue weighted by Crippen LogP contribution is -2.37. The van der Waals surface area contributed by atoms with Crippen molar-refractivity contribution in [3.8, 4) is 5.69 Å². The number of unbranched alkanes of at least 4 members (excludes halogenated alkanes) is 2. The molecule has 156 valence electrons. The number of hydrogen-bond donors (Lipinski definition) is 2. The summed E-state index contributed by atoms with van der Waals surface area (Å²) in [7, 11) is 1.75. The van der Waals surface area contributed by atoms with Gasteiger partial charge in [0, 0.05) is 32.5 Å². The predicted molar refractivity (Wildman–Crippen MR) is 127 cm³/mol. The number of para-hydroxylation sites is 1. The fourth-order valence-corrected chi connectivity index (χ4v) is 2.98. The molecule has 0 saturated heterocycles. The number of aryl methyl sites for hydroxylation is 2. The molecule has 0 fully saturated rings. The van der Waals surface area contributed by atoms with Gasteiger partial charge in [0.1, 0.15) is 0 Å². The molecule has 0 amide bonds. The van der Waals surface area contributed by atoms with Crippen LogP contribution in [-0.2, 0) is 11.3 Å². The van der Waals surface area contributed by atoms with Gasteiger partial charge in [0.15, 0.2) is 5.96 Å². The van der Waals surface area contributed by atoms with E-state index in [4.69, 9.17) is 9.73 Å². The molecule has 2 aromatic rings. The molecule has 0 bridgehead atoms. The summed E-state index contributed by atoms with van der Waals surface area (Å²) in [5.41, 5.74) is 4.39. The van der Waals surface area contributed by atoms with Crippen molar-refractivity contribution >= 4 is 29.9 Å². The molecular formula is C21H34IN5O. The summed E-state index contributed by atoms with van der Waals surface area (Å²) < 4.78 is 7.09. The van der Waals surface area contributed by atoms with Crippen LogP contribution in [0.3, 0.4) is 0 Å². The number of nitrogens with zero attached hydrogens (tertiary/aromatic N) is 3. The highest BCUT2D eigenvalue weighted by atomic mass is 127. The van der Waals surface area contributed by atoms with Gasteiger partial charge in [0.2, 0.25) is 0 Å². The molecule has 28 heavy (non-hydrogen) atoms. The van der Waals surface area contributed by atoms with Gasteiger partial charge >= 0.3 is 0 Å². The number of guanidine groups is 1. The van der Waals surface area contributed by atoms with Crippen LogP contribution in [0.2, 0.25) is 0 Å². The topological polar surface area (TPSA) is 63.5 Å². The van der Waals surface area contributed by atoms with E-state index in [-0.39, 0.29) is 24.0 Å². The molecule has 6 nitrogen and oxygen atoms in total. The Kier molecular flexibility index (Phi) is 11.8. The quantitative estimate of drug-likeness (QED) is 0.225. The number of ether oxygens (including phenoxy) is 1. The van der Waals surface area contributed by atoms with Crippen molar-refractivity contribution in [3.05, 3.63) is 47.3 Å². The first-order valence-electron chi connectivity index (χ1n) is 9.78. The smallest absolute Gasteiger partial charge is 0.191 e. The minimum atomic E-state index is 0. The highest BCUT2D eigenvalue weighted by Gasteiger charge is 2.08. The van der Waals surface area contributed by atoms with E-state index in [2.05, 4.69) is 53.8 Å². The monoisotopic (exact) mass is 499 g/mol. The van der Waals surface area contributed by atoms with Gasteiger partial charge in [-0.1, -0.05) is 18.2 Å². The van der Waals surface area contributed by atoms with Gasteiger partial charge in [-0.3, -0.25) is 0 Å². The first kappa shape index (κ1) is 24.4. The Morgan fingerprint density at radius 1 is 1.14 bits per heavy atom. The van der Waals surface area contributed by atoms with Crippen molar-refractivity contribution < 1.29 is 4.74 Å². The van der Waals surface area contributed by atoms with Gasteiger partial charge in [0.25, 0.3) is 0 Å². The van der Waals surface area contributed by atoms with E-state index in [9.17, 15) is 0 Å². The van der Waals surface area contributed by atoms with Crippen LogP contribution in [0.5, 0.6) is 0 Å². The Balaban J connectivity index is 0.00000392. The zero-order valence-corrected chi connectivity index (χ0v) is 19.8. The van der Waals surface area contributed by atoms with Gasteiger partial charge in [0.05, 0.1) is 17.9 Å². The molecule has 0 aliphatic rings. The summed E-state index contributed by atoms with van der Waals surface area (Å²) in [5, 5.41) is 11.4. The molecule has 0 saturated carbocycles. The van der Waals surface area contributed by atoms with Crippen molar-refractivity contribution in [2.75, 3.05) is 26.8 Å².